The molecule has 2 nitrogen and oxygen atoms in total. The number of aromatic nitrogens is 1. The summed E-state index contributed by atoms with van der Waals surface area (Å²) in [6.07, 6.45) is 0.904. The topological polar surface area (TPSA) is 38.9 Å². The second kappa shape index (κ2) is 3.83. The third kappa shape index (κ3) is 2.60. The van der Waals surface area contributed by atoms with Crippen molar-refractivity contribution in [3.8, 4) is 0 Å². The molecule has 11 heavy (non-hydrogen) atoms. The van der Waals surface area contributed by atoms with E-state index in [4.69, 9.17) is 5.73 Å². The van der Waals surface area contributed by atoms with Gasteiger partial charge in [-0.15, -0.1) is 11.3 Å². The van der Waals surface area contributed by atoms with Crippen LogP contribution < -0.4 is 5.73 Å². The summed E-state index contributed by atoms with van der Waals surface area (Å²) in [5, 5.41) is 2.06. The van der Waals surface area contributed by atoms with Crippen molar-refractivity contribution in [3.05, 3.63) is 16.6 Å². The van der Waals surface area contributed by atoms with E-state index >= 15 is 0 Å². The zero-order valence-corrected chi connectivity index (χ0v) is 7.77. The summed E-state index contributed by atoms with van der Waals surface area (Å²) in [5.41, 5.74) is 8.84. The van der Waals surface area contributed by atoms with Crippen molar-refractivity contribution in [1.29, 1.82) is 0 Å². The molecule has 0 aliphatic carbocycles. The van der Waals surface area contributed by atoms with Gasteiger partial charge in [0.2, 0.25) is 0 Å². The number of thiazole rings is 1. The maximum absolute atomic E-state index is 5.87. The van der Waals surface area contributed by atoms with Crippen molar-refractivity contribution >= 4 is 11.3 Å². The molecule has 0 saturated heterocycles. The van der Waals surface area contributed by atoms with Crippen molar-refractivity contribution in [1.82, 2.24) is 4.98 Å². The number of nitrogens with two attached hydrogens (primary N) is 1. The highest BCUT2D eigenvalue weighted by Gasteiger charge is 2.08. The molecule has 0 saturated carbocycles. The second-order valence-corrected chi connectivity index (χ2v) is 3.81. The molecule has 1 rings (SSSR count). The summed E-state index contributed by atoms with van der Waals surface area (Å²) in [7, 11) is 0. The summed E-state index contributed by atoms with van der Waals surface area (Å²) in [4.78, 5) is 4.18. The maximum atomic E-state index is 5.87. The lowest BCUT2D eigenvalue weighted by atomic mass is 10.0. The number of hydrogen-bond acceptors (Lipinski definition) is 3. The molecular formula is C8H14N2S. The van der Waals surface area contributed by atoms with Crippen LogP contribution in [0.5, 0.6) is 0 Å². The zero-order valence-electron chi connectivity index (χ0n) is 6.95. The van der Waals surface area contributed by atoms with Crippen LogP contribution in [0.25, 0.3) is 0 Å². The van der Waals surface area contributed by atoms with E-state index in [1.165, 1.54) is 0 Å². The summed E-state index contributed by atoms with van der Waals surface area (Å²) in [5.74, 6) is 0.539. The van der Waals surface area contributed by atoms with E-state index in [0.29, 0.717) is 5.92 Å². The first-order valence-corrected chi connectivity index (χ1v) is 4.77. The van der Waals surface area contributed by atoms with E-state index in [1.807, 2.05) is 5.51 Å². The lowest BCUT2D eigenvalue weighted by Crippen LogP contribution is -2.28. The summed E-state index contributed by atoms with van der Waals surface area (Å²) in [6, 6.07) is 0.247. The monoisotopic (exact) mass is 170 g/mol. The molecule has 1 aromatic rings. The van der Waals surface area contributed by atoms with E-state index in [-0.39, 0.29) is 6.04 Å². The molecule has 0 radical (unpaired) electrons. The molecule has 1 heterocycles. The maximum Gasteiger partial charge on any atom is 0.0794 e. The lowest BCUT2D eigenvalue weighted by Gasteiger charge is -2.13. The fraction of sp³-hybridized carbons (Fsp3) is 0.625. The first-order chi connectivity index (χ1) is 5.20. The third-order valence-corrected chi connectivity index (χ3v) is 2.42. The fourth-order valence-electron chi connectivity index (χ4n) is 0.816. The summed E-state index contributed by atoms with van der Waals surface area (Å²) >= 11 is 1.63. The largest absolute Gasteiger partial charge is 0.327 e. The predicted octanol–water partition coefficient (Wildman–Crippen LogP) is 1.67. The molecule has 1 atom stereocenters. The predicted molar refractivity (Wildman–Crippen MR) is 48.6 cm³/mol. The van der Waals surface area contributed by atoms with E-state index in [1.54, 1.807) is 11.3 Å². The Morgan fingerprint density at radius 3 is 2.82 bits per heavy atom. The first kappa shape index (κ1) is 8.68. The van der Waals surface area contributed by atoms with Gasteiger partial charge in [0.1, 0.15) is 0 Å². The summed E-state index contributed by atoms with van der Waals surface area (Å²) < 4.78 is 0. The molecule has 1 unspecified atom stereocenters. The smallest absolute Gasteiger partial charge is 0.0794 e. The highest BCUT2D eigenvalue weighted by molar-refractivity contribution is 7.07. The van der Waals surface area contributed by atoms with Gasteiger partial charge in [-0.1, -0.05) is 13.8 Å². The van der Waals surface area contributed by atoms with Crippen LogP contribution in [-0.2, 0) is 6.42 Å². The molecule has 0 fully saturated rings. The van der Waals surface area contributed by atoms with Gasteiger partial charge in [-0.05, 0) is 5.92 Å². The SMILES string of the molecule is CC(C)C(N)Cc1cscn1. The first-order valence-electron chi connectivity index (χ1n) is 3.83. The molecule has 0 aliphatic rings. The number of nitrogens with zero attached hydrogens (tertiary/aromatic N) is 1. The zero-order chi connectivity index (χ0) is 8.27. The van der Waals surface area contributed by atoms with Gasteiger partial charge in [0.15, 0.2) is 0 Å². The Bertz CT molecular complexity index is 194. The van der Waals surface area contributed by atoms with Gasteiger partial charge in [0, 0.05) is 17.8 Å². The quantitative estimate of drug-likeness (QED) is 0.749. The molecule has 1 aromatic heterocycles. The molecule has 0 amide bonds. The van der Waals surface area contributed by atoms with Crippen molar-refractivity contribution in [3.63, 3.8) is 0 Å². The van der Waals surface area contributed by atoms with Crippen LogP contribution in [0, 0.1) is 5.92 Å². The van der Waals surface area contributed by atoms with E-state index in [9.17, 15) is 0 Å². The van der Waals surface area contributed by atoms with E-state index in [2.05, 4.69) is 24.2 Å². The van der Waals surface area contributed by atoms with Crippen molar-refractivity contribution in [2.45, 2.75) is 26.3 Å². The van der Waals surface area contributed by atoms with E-state index in [0.717, 1.165) is 12.1 Å². The van der Waals surface area contributed by atoms with Crippen LogP contribution in [0.2, 0.25) is 0 Å². The van der Waals surface area contributed by atoms with Gasteiger partial charge in [-0.2, -0.15) is 0 Å². The number of hydrogen-bond donors (Lipinski definition) is 1. The minimum absolute atomic E-state index is 0.247. The molecule has 3 heteroatoms. The standard InChI is InChI=1S/C8H14N2S/c1-6(2)8(9)3-7-4-11-5-10-7/h4-6,8H,3,9H2,1-2H3. The Labute approximate surface area is 71.5 Å². The van der Waals surface area contributed by atoms with E-state index < -0.39 is 0 Å². The summed E-state index contributed by atoms with van der Waals surface area (Å²) in [6.45, 7) is 4.27. The van der Waals surface area contributed by atoms with Gasteiger partial charge >= 0.3 is 0 Å². The van der Waals surface area contributed by atoms with Crippen LogP contribution in [0.1, 0.15) is 19.5 Å². The minimum Gasteiger partial charge on any atom is -0.327 e. The van der Waals surface area contributed by atoms with Crippen molar-refractivity contribution < 1.29 is 0 Å². The van der Waals surface area contributed by atoms with Crippen molar-refractivity contribution in [2.75, 3.05) is 0 Å². The van der Waals surface area contributed by atoms with Crippen LogP contribution in [-0.4, -0.2) is 11.0 Å². The normalized spacial score (nSPS) is 13.8. The third-order valence-electron chi connectivity index (χ3n) is 1.78. The average molecular weight is 170 g/mol. The van der Waals surface area contributed by atoms with Crippen molar-refractivity contribution in [2.24, 2.45) is 11.7 Å². The second-order valence-electron chi connectivity index (χ2n) is 3.09. The minimum atomic E-state index is 0.247. The molecule has 2 N–H and O–H groups in total. The molecule has 0 aromatic carbocycles. The molecular weight excluding hydrogens is 156 g/mol. The Morgan fingerprint density at radius 1 is 1.64 bits per heavy atom. The Balaban J connectivity index is 2.43. The molecule has 0 spiro atoms. The van der Waals surface area contributed by atoms with Crippen LogP contribution in [0.3, 0.4) is 0 Å². The van der Waals surface area contributed by atoms with Gasteiger partial charge in [0.25, 0.3) is 0 Å². The highest BCUT2D eigenvalue weighted by Crippen LogP contribution is 2.08. The average Bonchev–Trinajstić information content (AvgIpc) is 2.39. The Hall–Kier alpha value is -0.410. The van der Waals surface area contributed by atoms with Crippen LogP contribution in [0.4, 0.5) is 0 Å². The Kier molecular flexibility index (Phi) is 3.02. The molecule has 62 valence electrons. The highest BCUT2D eigenvalue weighted by atomic mass is 32.1. The van der Waals surface area contributed by atoms with Gasteiger partial charge in [-0.3, -0.25) is 0 Å². The van der Waals surface area contributed by atoms with Gasteiger partial charge in [0.05, 0.1) is 11.2 Å². The lowest BCUT2D eigenvalue weighted by molar-refractivity contribution is 0.487. The molecule has 0 bridgehead atoms. The van der Waals surface area contributed by atoms with Gasteiger partial charge < -0.3 is 5.73 Å². The number of rotatable bonds is 3. The van der Waals surface area contributed by atoms with Gasteiger partial charge in [-0.25, -0.2) is 4.98 Å². The Morgan fingerprint density at radius 2 is 2.36 bits per heavy atom. The van der Waals surface area contributed by atoms with Crippen LogP contribution in [0.15, 0.2) is 10.9 Å². The molecule has 0 aliphatic heterocycles. The van der Waals surface area contributed by atoms with Crippen LogP contribution >= 0.6 is 11.3 Å². The fourth-order valence-corrected chi connectivity index (χ4v) is 1.39.